The van der Waals surface area contributed by atoms with Crippen molar-refractivity contribution in [2.45, 2.75) is 11.8 Å². The Balaban J connectivity index is 1.50. The van der Waals surface area contributed by atoms with Crippen LogP contribution in [0.5, 0.6) is 0 Å². The molecule has 0 radical (unpaired) electrons. The highest BCUT2D eigenvalue weighted by molar-refractivity contribution is 7.85. The molecule has 8 heteroatoms. The molecule has 2 heterocycles. The third-order valence-electron chi connectivity index (χ3n) is 4.70. The summed E-state index contributed by atoms with van der Waals surface area (Å²) in [6, 6.07) is 17.7. The molecular formula is C21H15N3O4S. The molecule has 0 spiro atoms. The van der Waals surface area contributed by atoms with Gasteiger partial charge in [0.25, 0.3) is 10.1 Å². The van der Waals surface area contributed by atoms with E-state index in [1.54, 1.807) is 6.07 Å². The quantitative estimate of drug-likeness (QED) is 0.425. The van der Waals surface area contributed by atoms with E-state index in [9.17, 15) is 13.0 Å². The maximum Gasteiger partial charge on any atom is 0.294 e. The van der Waals surface area contributed by atoms with E-state index in [0.29, 0.717) is 22.7 Å². The van der Waals surface area contributed by atoms with Crippen molar-refractivity contribution in [3.63, 3.8) is 0 Å². The van der Waals surface area contributed by atoms with Gasteiger partial charge in [-0.2, -0.15) is 8.42 Å². The van der Waals surface area contributed by atoms with Gasteiger partial charge in [-0.25, -0.2) is 9.97 Å². The van der Waals surface area contributed by atoms with Crippen molar-refractivity contribution in [1.82, 2.24) is 15.0 Å². The molecule has 0 aliphatic carbocycles. The highest BCUT2D eigenvalue weighted by atomic mass is 32.2. The predicted octanol–water partition coefficient (Wildman–Crippen LogP) is 4.59. The van der Waals surface area contributed by atoms with Crippen LogP contribution in [0.15, 0.2) is 70.0 Å². The summed E-state index contributed by atoms with van der Waals surface area (Å²) in [6.45, 7) is 2.00. The summed E-state index contributed by atoms with van der Waals surface area (Å²) < 4.78 is 37.7. The normalized spacial score (nSPS) is 12.1. The number of hydrogen-bond acceptors (Lipinski definition) is 5. The van der Waals surface area contributed by atoms with Gasteiger partial charge in [-0.05, 0) is 55.0 Å². The lowest BCUT2D eigenvalue weighted by Crippen LogP contribution is -1.97. The number of oxazole rings is 1. The van der Waals surface area contributed by atoms with Crippen molar-refractivity contribution in [2.75, 3.05) is 0 Å². The topological polar surface area (TPSA) is 109 Å². The molecular weight excluding hydrogens is 390 g/mol. The molecule has 0 unspecified atom stereocenters. The van der Waals surface area contributed by atoms with E-state index in [2.05, 4.69) is 15.0 Å². The van der Waals surface area contributed by atoms with Crippen LogP contribution in [0.3, 0.4) is 0 Å². The second-order valence-corrected chi connectivity index (χ2v) is 8.23. The first-order chi connectivity index (χ1) is 13.9. The molecule has 0 fully saturated rings. The Morgan fingerprint density at radius 3 is 2.38 bits per heavy atom. The van der Waals surface area contributed by atoms with Gasteiger partial charge >= 0.3 is 0 Å². The van der Waals surface area contributed by atoms with Crippen LogP contribution in [0, 0.1) is 6.92 Å². The lowest BCUT2D eigenvalue weighted by atomic mass is 10.1. The Morgan fingerprint density at radius 1 is 0.897 bits per heavy atom. The first-order valence-electron chi connectivity index (χ1n) is 8.82. The van der Waals surface area contributed by atoms with Crippen molar-refractivity contribution >= 4 is 32.3 Å². The Kier molecular flexibility index (Phi) is 3.80. The van der Waals surface area contributed by atoms with Gasteiger partial charge in [-0.15, -0.1) is 0 Å². The summed E-state index contributed by atoms with van der Waals surface area (Å²) in [7, 11) is -4.27. The largest absolute Gasteiger partial charge is 0.436 e. The third kappa shape index (κ3) is 3.18. The van der Waals surface area contributed by atoms with E-state index < -0.39 is 10.1 Å². The fourth-order valence-electron chi connectivity index (χ4n) is 3.21. The smallest absolute Gasteiger partial charge is 0.294 e. The van der Waals surface area contributed by atoms with Gasteiger partial charge in [-0.1, -0.05) is 18.2 Å². The fraction of sp³-hybridized carbons (Fsp3) is 0.0476. The van der Waals surface area contributed by atoms with Crippen LogP contribution >= 0.6 is 0 Å². The average Bonchev–Trinajstić information content (AvgIpc) is 3.30. The molecule has 0 bridgehead atoms. The second kappa shape index (κ2) is 6.26. The molecule has 2 N–H and O–H groups in total. The van der Waals surface area contributed by atoms with Crippen LogP contribution in [0.25, 0.3) is 45.0 Å². The SMILES string of the molecule is Cc1ccc2nc(-c3ccc(-c4nc5ccc(S(=O)(=O)O)cc5[nH]4)cc3)oc2c1. The van der Waals surface area contributed by atoms with Crippen molar-refractivity contribution in [1.29, 1.82) is 0 Å². The first kappa shape index (κ1) is 17.6. The van der Waals surface area contributed by atoms with Crippen LogP contribution in [-0.2, 0) is 10.1 Å². The highest BCUT2D eigenvalue weighted by Crippen LogP contribution is 2.28. The molecule has 2 aromatic heterocycles. The van der Waals surface area contributed by atoms with E-state index in [1.807, 2.05) is 49.4 Å². The fourth-order valence-corrected chi connectivity index (χ4v) is 3.72. The maximum atomic E-state index is 11.3. The van der Waals surface area contributed by atoms with Crippen molar-refractivity contribution in [3.8, 4) is 22.8 Å². The van der Waals surface area contributed by atoms with Gasteiger partial charge < -0.3 is 9.40 Å². The van der Waals surface area contributed by atoms with Gasteiger partial charge in [0, 0.05) is 11.1 Å². The number of aromatic nitrogens is 3. The summed E-state index contributed by atoms with van der Waals surface area (Å²) in [5, 5.41) is 0. The molecule has 29 heavy (non-hydrogen) atoms. The van der Waals surface area contributed by atoms with Gasteiger partial charge in [0.1, 0.15) is 11.3 Å². The maximum absolute atomic E-state index is 11.3. The van der Waals surface area contributed by atoms with Crippen molar-refractivity contribution in [2.24, 2.45) is 0 Å². The van der Waals surface area contributed by atoms with Crippen LogP contribution in [-0.4, -0.2) is 27.9 Å². The summed E-state index contributed by atoms with van der Waals surface area (Å²) in [5.74, 6) is 1.13. The zero-order chi connectivity index (χ0) is 20.2. The molecule has 5 aromatic rings. The zero-order valence-electron chi connectivity index (χ0n) is 15.2. The Labute approximate surface area is 165 Å². The lowest BCUT2D eigenvalue weighted by Gasteiger charge is -1.99. The lowest BCUT2D eigenvalue weighted by molar-refractivity contribution is 0.483. The van der Waals surface area contributed by atoms with Crippen molar-refractivity contribution in [3.05, 3.63) is 66.2 Å². The molecule has 0 aliphatic heterocycles. The number of H-pyrrole nitrogens is 1. The summed E-state index contributed by atoms with van der Waals surface area (Å²) in [4.78, 5) is 11.9. The standard InChI is InChI=1S/C21H15N3O4S/c1-12-2-8-17-19(10-12)28-21(24-17)14-5-3-13(4-6-14)20-22-16-9-7-15(29(25,26)27)11-18(16)23-20/h2-11H,1H3,(H,22,23)(H,25,26,27). The number of benzene rings is 3. The van der Waals surface area contributed by atoms with Crippen LogP contribution in [0.4, 0.5) is 0 Å². The second-order valence-electron chi connectivity index (χ2n) is 6.81. The average molecular weight is 405 g/mol. The number of nitrogens with one attached hydrogen (secondary N) is 1. The number of imidazole rings is 1. The predicted molar refractivity (Wildman–Crippen MR) is 109 cm³/mol. The minimum Gasteiger partial charge on any atom is -0.436 e. The van der Waals surface area contributed by atoms with Gasteiger partial charge in [0.2, 0.25) is 5.89 Å². The minimum absolute atomic E-state index is 0.179. The van der Waals surface area contributed by atoms with E-state index in [-0.39, 0.29) is 4.90 Å². The number of rotatable bonds is 3. The molecule has 0 amide bonds. The molecule has 144 valence electrons. The van der Waals surface area contributed by atoms with Crippen LogP contribution < -0.4 is 0 Å². The van der Waals surface area contributed by atoms with E-state index in [1.165, 1.54) is 12.1 Å². The number of aromatic amines is 1. The Morgan fingerprint density at radius 2 is 1.62 bits per heavy atom. The monoisotopic (exact) mass is 405 g/mol. The molecule has 5 rings (SSSR count). The third-order valence-corrected chi connectivity index (χ3v) is 5.55. The summed E-state index contributed by atoms with van der Waals surface area (Å²) >= 11 is 0. The molecule has 3 aromatic carbocycles. The molecule has 0 saturated heterocycles. The minimum atomic E-state index is -4.27. The number of nitrogens with zero attached hydrogens (tertiary/aromatic N) is 2. The van der Waals surface area contributed by atoms with Crippen LogP contribution in [0.1, 0.15) is 5.56 Å². The number of fused-ring (bicyclic) bond motifs is 2. The van der Waals surface area contributed by atoms with Gasteiger partial charge in [0.05, 0.1) is 15.9 Å². The molecule has 0 saturated carbocycles. The molecule has 0 atom stereocenters. The summed E-state index contributed by atoms with van der Waals surface area (Å²) in [6.07, 6.45) is 0. The van der Waals surface area contributed by atoms with E-state index >= 15 is 0 Å². The number of aryl methyl sites for hydroxylation is 1. The molecule has 7 nitrogen and oxygen atoms in total. The zero-order valence-corrected chi connectivity index (χ0v) is 16.1. The highest BCUT2D eigenvalue weighted by Gasteiger charge is 2.13. The Hall–Kier alpha value is -3.49. The van der Waals surface area contributed by atoms with Gasteiger partial charge in [0.15, 0.2) is 5.58 Å². The first-order valence-corrected chi connectivity index (χ1v) is 10.3. The van der Waals surface area contributed by atoms with E-state index in [0.717, 1.165) is 27.8 Å². The van der Waals surface area contributed by atoms with Crippen LogP contribution in [0.2, 0.25) is 0 Å². The molecule has 0 aliphatic rings. The van der Waals surface area contributed by atoms with Crippen molar-refractivity contribution < 1.29 is 17.4 Å². The van der Waals surface area contributed by atoms with Gasteiger partial charge in [-0.3, -0.25) is 4.55 Å². The summed E-state index contributed by atoms with van der Waals surface area (Å²) in [5.41, 5.74) is 5.45. The Bertz CT molecular complexity index is 1480. The number of hydrogen-bond donors (Lipinski definition) is 2. The van der Waals surface area contributed by atoms with E-state index in [4.69, 9.17) is 4.42 Å².